The lowest BCUT2D eigenvalue weighted by Gasteiger charge is -2.19. The topological polar surface area (TPSA) is 66.4 Å². The number of rotatable bonds is 5. The van der Waals surface area contributed by atoms with Gasteiger partial charge in [0.05, 0.1) is 5.41 Å². The number of halogens is 1. The van der Waals surface area contributed by atoms with Crippen molar-refractivity contribution < 1.29 is 14.7 Å². The van der Waals surface area contributed by atoms with Gasteiger partial charge in [0.15, 0.2) is 0 Å². The second-order valence-electron chi connectivity index (χ2n) is 5.88. The Labute approximate surface area is 123 Å². The summed E-state index contributed by atoms with van der Waals surface area (Å²) >= 11 is 6.11. The number of nitrogens with one attached hydrogen (secondary N) is 1. The molecular formula is C15H18ClNO3. The van der Waals surface area contributed by atoms with Crippen LogP contribution in [0.1, 0.15) is 31.7 Å². The highest BCUT2D eigenvalue weighted by atomic mass is 35.5. The standard InChI is InChI=1S/C15H18ClNO3/c1-15(2,14(19)20)8-17-13(18)11-7-10(11)9-5-3-4-6-12(9)16/h3-6,10-11H,7-8H2,1-2H3,(H,17,18)(H,19,20)/t10-,11+/m0/s1. The van der Waals surface area contributed by atoms with Gasteiger partial charge in [-0.1, -0.05) is 29.8 Å². The van der Waals surface area contributed by atoms with Gasteiger partial charge in [-0.3, -0.25) is 9.59 Å². The molecule has 1 aliphatic carbocycles. The van der Waals surface area contributed by atoms with E-state index in [0.29, 0.717) is 5.02 Å². The Morgan fingerprint density at radius 1 is 1.40 bits per heavy atom. The third kappa shape index (κ3) is 3.12. The molecule has 0 bridgehead atoms. The van der Waals surface area contributed by atoms with Gasteiger partial charge in [-0.2, -0.15) is 0 Å². The summed E-state index contributed by atoms with van der Waals surface area (Å²) in [6.07, 6.45) is 0.767. The van der Waals surface area contributed by atoms with Crippen molar-refractivity contribution in [1.82, 2.24) is 5.32 Å². The average Bonchev–Trinajstić information content (AvgIpc) is 3.16. The lowest BCUT2D eigenvalue weighted by Crippen LogP contribution is -2.39. The van der Waals surface area contributed by atoms with Gasteiger partial charge in [0, 0.05) is 17.5 Å². The number of benzene rings is 1. The summed E-state index contributed by atoms with van der Waals surface area (Å²) in [5.74, 6) is -0.961. The second-order valence-corrected chi connectivity index (χ2v) is 6.28. The smallest absolute Gasteiger partial charge is 0.310 e. The van der Waals surface area contributed by atoms with Crippen molar-refractivity contribution in [1.29, 1.82) is 0 Å². The van der Waals surface area contributed by atoms with E-state index in [2.05, 4.69) is 5.32 Å². The number of carboxylic acids is 1. The van der Waals surface area contributed by atoms with Crippen LogP contribution in [-0.4, -0.2) is 23.5 Å². The Morgan fingerprint density at radius 2 is 2.05 bits per heavy atom. The van der Waals surface area contributed by atoms with Crippen LogP contribution < -0.4 is 5.32 Å². The van der Waals surface area contributed by atoms with E-state index in [4.69, 9.17) is 16.7 Å². The first-order valence-corrected chi connectivity index (χ1v) is 6.96. The van der Waals surface area contributed by atoms with Gasteiger partial charge in [-0.15, -0.1) is 0 Å². The van der Waals surface area contributed by atoms with Crippen molar-refractivity contribution in [2.24, 2.45) is 11.3 Å². The zero-order chi connectivity index (χ0) is 14.9. The molecule has 1 saturated carbocycles. The summed E-state index contributed by atoms with van der Waals surface area (Å²) in [6, 6.07) is 7.51. The third-order valence-corrected chi connectivity index (χ3v) is 4.06. The molecule has 1 aromatic rings. The van der Waals surface area contributed by atoms with E-state index in [1.165, 1.54) is 0 Å². The fourth-order valence-corrected chi connectivity index (χ4v) is 2.39. The van der Waals surface area contributed by atoms with E-state index in [1.54, 1.807) is 13.8 Å². The quantitative estimate of drug-likeness (QED) is 0.877. The summed E-state index contributed by atoms with van der Waals surface area (Å²) in [6.45, 7) is 3.31. The number of hydrogen-bond donors (Lipinski definition) is 2. The zero-order valence-electron chi connectivity index (χ0n) is 11.5. The molecule has 4 nitrogen and oxygen atoms in total. The van der Waals surface area contributed by atoms with E-state index in [9.17, 15) is 9.59 Å². The van der Waals surface area contributed by atoms with Gasteiger partial charge in [0.1, 0.15) is 0 Å². The number of carboxylic acid groups (broad SMARTS) is 1. The molecule has 0 spiro atoms. The monoisotopic (exact) mass is 295 g/mol. The van der Waals surface area contributed by atoms with Gasteiger partial charge in [0.25, 0.3) is 0 Å². The Bertz CT molecular complexity index is 542. The zero-order valence-corrected chi connectivity index (χ0v) is 12.3. The van der Waals surface area contributed by atoms with Crippen molar-refractivity contribution in [3.63, 3.8) is 0 Å². The summed E-state index contributed by atoms with van der Waals surface area (Å²) in [4.78, 5) is 23.0. The molecule has 0 radical (unpaired) electrons. The first-order valence-electron chi connectivity index (χ1n) is 6.58. The minimum Gasteiger partial charge on any atom is -0.481 e. The molecule has 108 valence electrons. The van der Waals surface area contributed by atoms with E-state index in [0.717, 1.165) is 12.0 Å². The summed E-state index contributed by atoms with van der Waals surface area (Å²) in [5.41, 5.74) is 0.0385. The molecule has 0 aromatic heterocycles. The van der Waals surface area contributed by atoms with Crippen LogP contribution in [0.2, 0.25) is 5.02 Å². The fraction of sp³-hybridized carbons (Fsp3) is 0.467. The van der Waals surface area contributed by atoms with Gasteiger partial charge in [0.2, 0.25) is 5.91 Å². The Hall–Kier alpha value is -1.55. The number of aliphatic carboxylic acids is 1. The third-order valence-electron chi connectivity index (χ3n) is 3.72. The maximum atomic E-state index is 12.0. The second kappa shape index (κ2) is 5.44. The molecule has 20 heavy (non-hydrogen) atoms. The van der Waals surface area contributed by atoms with Crippen molar-refractivity contribution in [3.8, 4) is 0 Å². The van der Waals surface area contributed by atoms with Gasteiger partial charge >= 0.3 is 5.97 Å². The van der Waals surface area contributed by atoms with Crippen molar-refractivity contribution in [3.05, 3.63) is 34.9 Å². The lowest BCUT2D eigenvalue weighted by atomic mass is 9.94. The molecular weight excluding hydrogens is 278 g/mol. The normalized spacial score (nSPS) is 21.4. The highest BCUT2D eigenvalue weighted by Crippen LogP contribution is 2.49. The van der Waals surface area contributed by atoms with E-state index >= 15 is 0 Å². The first-order chi connectivity index (χ1) is 9.33. The highest BCUT2D eigenvalue weighted by Gasteiger charge is 2.45. The highest BCUT2D eigenvalue weighted by molar-refractivity contribution is 6.31. The lowest BCUT2D eigenvalue weighted by molar-refractivity contribution is -0.146. The molecule has 0 saturated heterocycles. The summed E-state index contributed by atoms with van der Waals surface area (Å²) < 4.78 is 0. The number of amides is 1. The Kier molecular flexibility index (Phi) is 4.04. The molecule has 2 N–H and O–H groups in total. The number of carbonyl (C=O) groups excluding carboxylic acids is 1. The average molecular weight is 296 g/mol. The first kappa shape index (κ1) is 14.9. The largest absolute Gasteiger partial charge is 0.481 e. The molecule has 5 heteroatoms. The molecule has 0 heterocycles. The SMILES string of the molecule is CC(C)(CNC(=O)[C@@H]1C[C@H]1c1ccccc1Cl)C(=O)O. The van der Waals surface area contributed by atoms with Crippen molar-refractivity contribution in [2.45, 2.75) is 26.2 Å². The predicted molar refractivity (Wildman–Crippen MR) is 76.7 cm³/mol. The van der Waals surface area contributed by atoms with Crippen LogP contribution in [0.15, 0.2) is 24.3 Å². The minimum absolute atomic E-state index is 0.0933. The molecule has 1 aromatic carbocycles. The summed E-state index contributed by atoms with van der Waals surface area (Å²) in [5, 5.41) is 12.4. The molecule has 1 amide bonds. The molecule has 1 aliphatic rings. The van der Waals surface area contributed by atoms with E-state index < -0.39 is 11.4 Å². The van der Waals surface area contributed by atoms with Crippen LogP contribution in [0.4, 0.5) is 0 Å². The fourth-order valence-electron chi connectivity index (χ4n) is 2.12. The predicted octanol–water partition coefficient (Wildman–Crippen LogP) is 2.67. The maximum absolute atomic E-state index is 12.0. The van der Waals surface area contributed by atoms with Crippen LogP contribution in [-0.2, 0) is 9.59 Å². The molecule has 1 fully saturated rings. The van der Waals surface area contributed by atoms with Crippen LogP contribution >= 0.6 is 11.6 Å². The van der Waals surface area contributed by atoms with E-state index in [-0.39, 0.29) is 24.3 Å². The Balaban J connectivity index is 1.91. The molecule has 0 aliphatic heterocycles. The van der Waals surface area contributed by atoms with Gasteiger partial charge in [-0.25, -0.2) is 0 Å². The molecule has 2 rings (SSSR count). The summed E-state index contributed by atoms with van der Waals surface area (Å²) in [7, 11) is 0. The maximum Gasteiger partial charge on any atom is 0.310 e. The van der Waals surface area contributed by atoms with E-state index in [1.807, 2.05) is 24.3 Å². The van der Waals surface area contributed by atoms with Crippen LogP contribution in [0.25, 0.3) is 0 Å². The van der Waals surface area contributed by atoms with Gasteiger partial charge < -0.3 is 10.4 Å². The van der Waals surface area contributed by atoms with Crippen LogP contribution in [0, 0.1) is 11.3 Å². The minimum atomic E-state index is -0.954. The Morgan fingerprint density at radius 3 is 2.65 bits per heavy atom. The molecule has 2 atom stereocenters. The number of hydrogen-bond acceptors (Lipinski definition) is 2. The van der Waals surface area contributed by atoms with Crippen LogP contribution in [0.5, 0.6) is 0 Å². The van der Waals surface area contributed by atoms with Crippen molar-refractivity contribution >= 4 is 23.5 Å². The number of carbonyl (C=O) groups is 2. The molecule has 0 unspecified atom stereocenters. The van der Waals surface area contributed by atoms with Gasteiger partial charge in [-0.05, 0) is 37.8 Å². The van der Waals surface area contributed by atoms with Crippen molar-refractivity contribution in [2.75, 3.05) is 6.54 Å². The van der Waals surface area contributed by atoms with Crippen LogP contribution in [0.3, 0.4) is 0 Å².